The number of nitrogens with zero attached hydrogens (tertiary/aromatic N) is 2. The number of hydrogen-bond donors (Lipinski definition) is 2. The van der Waals surface area contributed by atoms with Crippen LogP contribution in [0.1, 0.15) is 45.1 Å². The van der Waals surface area contributed by atoms with Crippen molar-refractivity contribution < 1.29 is 23.6 Å². The van der Waals surface area contributed by atoms with Crippen molar-refractivity contribution in [1.29, 1.82) is 0 Å². The number of carboxylic acid groups (broad SMARTS) is 1. The number of rotatable bonds is 8. The molecule has 2 N–H and O–H groups in total. The van der Waals surface area contributed by atoms with Gasteiger partial charge in [0.15, 0.2) is 0 Å². The molecule has 1 unspecified atom stereocenters. The van der Waals surface area contributed by atoms with Crippen LogP contribution in [0.3, 0.4) is 0 Å². The van der Waals surface area contributed by atoms with Crippen molar-refractivity contribution in [3.05, 3.63) is 35.5 Å². The van der Waals surface area contributed by atoms with Gasteiger partial charge in [-0.2, -0.15) is 4.98 Å². The highest BCUT2D eigenvalue weighted by atomic mass is 19.1. The Morgan fingerprint density at radius 1 is 1.37 bits per heavy atom. The maximum atomic E-state index is 13.7. The van der Waals surface area contributed by atoms with Crippen molar-refractivity contribution in [1.82, 2.24) is 15.5 Å². The molecule has 0 saturated carbocycles. The number of hydrogen-bond acceptors (Lipinski definition) is 5. The van der Waals surface area contributed by atoms with Crippen LogP contribution in [0.5, 0.6) is 0 Å². The molecule has 0 radical (unpaired) electrons. The summed E-state index contributed by atoms with van der Waals surface area (Å²) in [4.78, 5) is 27.5. The molecule has 0 saturated heterocycles. The van der Waals surface area contributed by atoms with Gasteiger partial charge in [-0.3, -0.25) is 9.59 Å². The summed E-state index contributed by atoms with van der Waals surface area (Å²) in [5.41, 5.74) is 0.169. The van der Waals surface area contributed by atoms with Crippen molar-refractivity contribution in [3.8, 4) is 11.4 Å². The SMILES string of the molecule is Cc1ccc(-c2noc(CCC(=O)NC(C)(CC(=O)O)C(C)C)n2)cc1F. The predicted molar refractivity (Wildman–Crippen MR) is 96.4 cm³/mol. The minimum absolute atomic E-state index is 0.0519. The third kappa shape index (κ3) is 5.35. The van der Waals surface area contributed by atoms with Gasteiger partial charge in [-0.25, -0.2) is 4.39 Å². The Kier molecular flexibility index (Phi) is 6.30. The Labute approximate surface area is 157 Å². The second-order valence-corrected chi connectivity index (χ2v) is 7.17. The number of nitrogens with one attached hydrogen (secondary N) is 1. The van der Waals surface area contributed by atoms with Gasteiger partial charge in [0.25, 0.3) is 0 Å². The molecule has 0 spiro atoms. The van der Waals surface area contributed by atoms with E-state index in [4.69, 9.17) is 9.63 Å². The zero-order valence-corrected chi connectivity index (χ0v) is 15.9. The van der Waals surface area contributed by atoms with Crippen LogP contribution in [-0.4, -0.2) is 32.7 Å². The number of benzene rings is 1. The smallest absolute Gasteiger partial charge is 0.305 e. The van der Waals surface area contributed by atoms with Crippen LogP contribution in [0.2, 0.25) is 0 Å². The molecule has 1 heterocycles. The lowest BCUT2D eigenvalue weighted by molar-refractivity contribution is -0.139. The molecular formula is C19H24FN3O4. The van der Waals surface area contributed by atoms with Crippen molar-refractivity contribution in [2.45, 2.75) is 52.5 Å². The summed E-state index contributed by atoms with van der Waals surface area (Å²) in [6.07, 6.45) is 0.111. The van der Waals surface area contributed by atoms with Crippen LogP contribution in [-0.2, 0) is 16.0 Å². The van der Waals surface area contributed by atoms with Crippen molar-refractivity contribution in [2.24, 2.45) is 5.92 Å². The van der Waals surface area contributed by atoms with Crippen LogP contribution < -0.4 is 5.32 Å². The van der Waals surface area contributed by atoms with Gasteiger partial charge in [-0.05, 0) is 31.4 Å². The van der Waals surface area contributed by atoms with E-state index in [-0.39, 0.29) is 48.6 Å². The molecule has 2 aromatic rings. The fourth-order valence-corrected chi connectivity index (χ4v) is 2.51. The Balaban J connectivity index is 1.98. The van der Waals surface area contributed by atoms with Gasteiger partial charge in [-0.15, -0.1) is 0 Å². The first-order valence-corrected chi connectivity index (χ1v) is 8.72. The number of aryl methyl sites for hydroxylation is 2. The number of aromatic nitrogens is 2. The molecule has 2 rings (SSSR count). The van der Waals surface area contributed by atoms with E-state index in [9.17, 15) is 14.0 Å². The number of carbonyl (C=O) groups is 2. The summed E-state index contributed by atoms with van der Waals surface area (Å²) >= 11 is 0. The summed E-state index contributed by atoms with van der Waals surface area (Å²) < 4.78 is 18.8. The Morgan fingerprint density at radius 3 is 2.67 bits per heavy atom. The van der Waals surface area contributed by atoms with Gasteiger partial charge in [0, 0.05) is 23.9 Å². The van der Waals surface area contributed by atoms with E-state index in [0.29, 0.717) is 11.1 Å². The predicted octanol–water partition coefficient (Wildman–Crippen LogP) is 3.12. The molecule has 1 aromatic carbocycles. The number of carboxylic acids is 1. The van der Waals surface area contributed by atoms with Crippen LogP contribution in [0.15, 0.2) is 22.7 Å². The van der Waals surface area contributed by atoms with Crippen molar-refractivity contribution in [2.75, 3.05) is 0 Å². The maximum absolute atomic E-state index is 13.7. The van der Waals surface area contributed by atoms with Gasteiger partial charge in [0.1, 0.15) is 5.82 Å². The number of halogens is 1. The lowest BCUT2D eigenvalue weighted by Crippen LogP contribution is -2.51. The van der Waals surface area contributed by atoms with Crippen LogP contribution in [0.25, 0.3) is 11.4 Å². The van der Waals surface area contributed by atoms with Gasteiger partial charge in [0.05, 0.1) is 6.42 Å². The zero-order chi connectivity index (χ0) is 20.2. The third-order valence-electron chi connectivity index (χ3n) is 4.68. The lowest BCUT2D eigenvalue weighted by atomic mass is 9.85. The molecule has 1 atom stereocenters. The monoisotopic (exact) mass is 377 g/mol. The van der Waals surface area contributed by atoms with E-state index < -0.39 is 11.5 Å². The molecule has 0 fully saturated rings. The van der Waals surface area contributed by atoms with E-state index in [1.807, 2.05) is 13.8 Å². The second-order valence-electron chi connectivity index (χ2n) is 7.17. The zero-order valence-electron chi connectivity index (χ0n) is 15.9. The fraction of sp³-hybridized carbons (Fsp3) is 0.474. The largest absolute Gasteiger partial charge is 0.481 e. The topological polar surface area (TPSA) is 105 Å². The summed E-state index contributed by atoms with van der Waals surface area (Å²) in [6, 6.07) is 4.65. The summed E-state index contributed by atoms with van der Waals surface area (Å²) in [6.45, 7) is 7.08. The number of amides is 1. The van der Waals surface area contributed by atoms with Gasteiger partial charge in [-0.1, -0.05) is 31.1 Å². The van der Waals surface area contributed by atoms with E-state index in [2.05, 4.69) is 15.5 Å². The average molecular weight is 377 g/mol. The molecule has 27 heavy (non-hydrogen) atoms. The Hall–Kier alpha value is -2.77. The lowest BCUT2D eigenvalue weighted by Gasteiger charge is -2.33. The quantitative estimate of drug-likeness (QED) is 0.732. The fourth-order valence-electron chi connectivity index (χ4n) is 2.51. The highest BCUT2D eigenvalue weighted by Crippen LogP contribution is 2.22. The standard InChI is InChI=1S/C19H24FN3O4/c1-11(2)19(4,10-17(25)26)22-15(24)7-8-16-21-18(23-27-16)13-6-5-12(3)14(20)9-13/h5-6,9,11H,7-8,10H2,1-4H3,(H,22,24)(H,25,26). The van der Waals surface area contributed by atoms with Crippen LogP contribution in [0, 0.1) is 18.7 Å². The molecule has 0 aliphatic carbocycles. The second kappa shape index (κ2) is 8.28. The first-order valence-electron chi connectivity index (χ1n) is 8.72. The van der Waals surface area contributed by atoms with Crippen LogP contribution >= 0.6 is 0 Å². The molecule has 7 nitrogen and oxygen atoms in total. The van der Waals surface area contributed by atoms with Crippen molar-refractivity contribution >= 4 is 11.9 Å². The van der Waals surface area contributed by atoms with E-state index >= 15 is 0 Å². The molecule has 0 bridgehead atoms. The average Bonchev–Trinajstić information content (AvgIpc) is 3.03. The van der Waals surface area contributed by atoms with E-state index in [1.165, 1.54) is 6.07 Å². The normalized spacial score (nSPS) is 13.4. The highest BCUT2D eigenvalue weighted by Gasteiger charge is 2.32. The first kappa shape index (κ1) is 20.5. The minimum Gasteiger partial charge on any atom is -0.481 e. The van der Waals surface area contributed by atoms with Gasteiger partial charge < -0.3 is 14.9 Å². The van der Waals surface area contributed by atoms with E-state index in [1.54, 1.807) is 26.0 Å². The summed E-state index contributed by atoms with van der Waals surface area (Å²) in [5, 5.41) is 15.7. The molecule has 0 aliphatic heterocycles. The minimum atomic E-state index is -0.974. The Bertz CT molecular complexity index is 834. The molecule has 146 valence electrons. The summed E-state index contributed by atoms with van der Waals surface area (Å²) in [5.74, 6) is -1.17. The number of aliphatic carboxylic acids is 1. The first-order chi connectivity index (χ1) is 12.6. The third-order valence-corrected chi connectivity index (χ3v) is 4.68. The van der Waals surface area contributed by atoms with Gasteiger partial charge >= 0.3 is 5.97 Å². The highest BCUT2D eigenvalue weighted by molar-refractivity contribution is 5.78. The molecule has 0 aliphatic rings. The molecule has 1 aromatic heterocycles. The van der Waals surface area contributed by atoms with Crippen molar-refractivity contribution in [3.63, 3.8) is 0 Å². The molecule has 8 heteroatoms. The molecule has 1 amide bonds. The van der Waals surface area contributed by atoms with E-state index in [0.717, 1.165) is 0 Å². The maximum Gasteiger partial charge on any atom is 0.305 e. The summed E-state index contributed by atoms with van der Waals surface area (Å²) in [7, 11) is 0. The van der Waals surface area contributed by atoms with Gasteiger partial charge in [0.2, 0.25) is 17.6 Å². The Morgan fingerprint density at radius 2 is 2.07 bits per heavy atom. The van der Waals surface area contributed by atoms with Crippen LogP contribution in [0.4, 0.5) is 4.39 Å². The number of carbonyl (C=O) groups excluding carboxylic acids is 1. The molecular weight excluding hydrogens is 353 g/mol.